The van der Waals surface area contributed by atoms with Crippen LogP contribution < -0.4 is 0 Å². The molecule has 0 aromatic carbocycles. The fourth-order valence-corrected chi connectivity index (χ4v) is 1.18. The Kier molecular flexibility index (Phi) is 6.56. The molecule has 0 fully saturated rings. The summed E-state index contributed by atoms with van der Waals surface area (Å²) in [5.41, 5.74) is 1.37. The second-order valence-electron chi connectivity index (χ2n) is 4.19. The fraction of sp³-hybridized carbons (Fsp3) is 0.750. The quantitative estimate of drug-likeness (QED) is 0.419. The molecule has 0 aliphatic carbocycles. The minimum Gasteiger partial charge on any atom is -0.301 e. The summed E-state index contributed by atoms with van der Waals surface area (Å²) in [7, 11) is 0. The van der Waals surface area contributed by atoms with E-state index < -0.39 is 0 Å². The SMILES string of the molecule is C=NCCC(C)CCC(=C)C(C)C. The third-order valence-corrected chi connectivity index (χ3v) is 2.55. The maximum absolute atomic E-state index is 4.07. The van der Waals surface area contributed by atoms with Crippen molar-refractivity contribution in [1.29, 1.82) is 0 Å². The topological polar surface area (TPSA) is 12.4 Å². The molecule has 0 saturated carbocycles. The summed E-state index contributed by atoms with van der Waals surface area (Å²) >= 11 is 0. The highest BCUT2D eigenvalue weighted by Crippen LogP contribution is 2.18. The molecule has 0 N–H and O–H groups in total. The minimum absolute atomic E-state index is 0.629. The molecule has 0 amide bonds. The molecule has 0 rings (SSSR count). The Labute approximate surface area is 83.0 Å². The van der Waals surface area contributed by atoms with Gasteiger partial charge in [-0.3, -0.25) is 0 Å². The van der Waals surface area contributed by atoms with Gasteiger partial charge in [-0.1, -0.05) is 32.9 Å². The summed E-state index contributed by atoms with van der Waals surface area (Å²) in [6.07, 6.45) is 3.57. The van der Waals surface area contributed by atoms with Crippen LogP contribution >= 0.6 is 0 Å². The summed E-state index contributed by atoms with van der Waals surface area (Å²) in [6, 6.07) is 0. The number of rotatable bonds is 7. The third-order valence-electron chi connectivity index (χ3n) is 2.55. The van der Waals surface area contributed by atoms with Crippen LogP contribution in [0.15, 0.2) is 17.1 Å². The molecular weight excluding hydrogens is 158 g/mol. The van der Waals surface area contributed by atoms with Crippen molar-refractivity contribution in [1.82, 2.24) is 0 Å². The van der Waals surface area contributed by atoms with Crippen LogP contribution in [0, 0.1) is 11.8 Å². The van der Waals surface area contributed by atoms with E-state index in [2.05, 4.69) is 39.1 Å². The molecule has 13 heavy (non-hydrogen) atoms. The Morgan fingerprint density at radius 3 is 2.31 bits per heavy atom. The summed E-state index contributed by atoms with van der Waals surface area (Å²) in [6.45, 7) is 15.1. The van der Waals surface area contributed by atoms with Gasteiger partial charge in [0.15, 0.2) is 0 Å². The third kappa shape index (κ3) is 6.56. The van der Waals surface area contributed by atoms with E-state index in [1.165, 1.54) is 12.0 Å². The van der Waals surface area contributed by atoms with Crippen molar-refractivity contribution in [3.05, 3.63) is 12.2 Å². The maximum atomic E-state index is 4.07. The molecule has 0 aliphatic heterocycles. The summed E-state index contributed by atoms with van der Waals surface area (Å²) in [4.78, 5) is 3.87. The number of allylic oxidation sites excluding steroid dienone is 1. The number of aliphatic imine (C=N–C) groups is 1. The van der Waals surface area contributed by atoms with Gasteiger partial charge >= 0.3 is 0 Å². The Bertz CT molecular complexity index is 159. The van der Waals surface area contributed by atoms with E-state index in [-0.39, 0.29) is 0 Å². The van der Waals surface area contributed by atoms with E-state index in [0.29, 0.717) is 5.92 Å². The molecule has 0 radical (unpaired) electrons. The lowest BCUT2D eigenvalue weighted by atomic mass is 9.94. The van der Waals surface area contributed by atoms with Gasteiger partial charge in [-0.15, -0.1) is 0 Å². The van der Waals surface area contributed by atoms with Gasteiger partial charge in [0.25, 0.3) is 0 Å². The Morgan fingerprint density at radius 2 is 1.85 bits per heavy atom. The second kappa shape index (κ2) is 6.88. The van der Waals surface area contributed by atoms with Gasteiger partial charge in [-0.25, -0.2) is 0 Å². The van der Waals surface area contributed by atoms with E-state index in [9.17, 15) is 0 Å². The summed E-state index contributed by atoms with van der Waals surface area (Å²) in [5, 5.41) is 0. The van der Waals surface area contributed by atoms with Crippen LogP contribution in [-0.4, -0.2) is 13.3 Å². The van der Waals surface area contributed by atoms with Crippen LogP contribution in [0.25, 0.3) is 0 Å². The number of hydrogen-bond donors (Lipinski definition) is 0. The Morgan fingerprint density at radius 1 is 1.23 bits per heavy atom. The minimum atomic E-state index is 0.629. The molecule has 0 aromatic rings. The molecular formula is C12H23N. The van der Waals surface area contributed by atoms with Crippen molar-refractivity contribution >= 4 is 6.72 Å². The normalized spacial score (nSPS) is 12.9. The molecule has 0 spiro atoms. The van der Waals surface area contributed by atoms with Crippen molar-refractivity contribution in [2.75, 3.05) is 6.54 Å². The molecule has 0 aliphatic rings. The van der Waals surface area contributed by atoms with Gasteiger partial charge in [0.05, 0.1) is 0 Å². The standard InChI is InChI=1S/C12H23N/c1-10(2)12(4)7-6-11(3)8-9-13-5/h10-11H,4-9H2,1-3H3. The Hall–Kier alpha value is -0.590. The summed E-state index contributed by atoms with van der Waals surface area (Å²) in [5.74, 6) is 1.38. The first-order chi connectivity index (χ1) is 6.07. The van der Waals surface area contributed by atoms with Crippen molar-refractivity contribution < 1.29 is 0 Å². The molecule has 1 unspecified atom stereocenters. The summed E-state index contributed by atoms with van der Waals surface area (Å²) < 4.78 is 0. The highest BCUT2D eigenvalue weighted by atomic mass is 14.7. The molecule has 0 saturated heterocycles. The first-order valence-electron chi connectivity index (χ1n) is 5.18. The van der Waals surface area contributed by atoms with Crippen LogP contribution in [0.2, 0.25) is 0 Å². The van der Waals surface area contributed by atoms with Crippen molar-refractivity contribution in [3.63, 3.8) is 0 Å². The lowest BCUT2D eigenvalue weighted by Crippen LogP contribution is -2.00. The first kappa shape index (κ1) is 12.4. The maximum Gasteiger partial charge on any atom is 0.0384 e. The van der Waals surface area contributed by atoms with Crippen molar-refractivity contribution in [3.8, 4) is 0 Å². The second-order valence-corrected chi connectivity index (χ2v) is 4.19. The van der Waals surface area contributed by atoms with Gasteiger partial charge < -0.3 is 4.99 Å². The first-order valence-corrected chi connectivity index (χ1v) is 5.18. The highest BCUT2D eigenvalue weighted by Gasteiger charge is 2.04. The predicted octanol–water partition coefficient (Wildman–Crippen LogP) is 3.71. The smallest absolute Gasteiger partial charge is 0.0384 e. The molecule has 76 valence electrons. The van der Waals surface area contributed by atoms with Crippen molar-refractivity contribution in [2.24, 2.45) is 16.8 Å². The molecule has 0 bridgehead atoms. The Balaban J connectivity index is 3.51. The molecule has 1 heteroatoms. The average Bonchev–Trinajstić information content (AvgIpc) is 2.10. The van der Waals surface area contributed by atoms with Crippen LogP contribution in [-0.2, 0) is 0 Å². The zero-order chi connectivity index (χ0) is 10.3. The lowest BCUT2D eigenvalue weighted by Gasteiger charge is -2.13. The van der Waals surface area contributed by atoms with Crippen LogP contribution in [0.5, 0.6) is 0 Å². The molecule has 0 heterocycles. The molecule has 0 aromatic heterocycles. The highest BCUT2D eigenvalue weighted by molar-refractivity contribution is 5.23. The van der Waals surface area contributed by atoms with E-state index in [1.807, 2.05) is 0 Å². The van der Waals surface area contributed by atoms with E-state index in [1.54, 1.807) is 0 Å². The zero-order valence-corrected chi connectivity index (χ0v) is 9.34. The van der Waals surface area contributed by atoms with Crippen LogP contribution in [0.4, 0.5) is 0 Å². The monoisotopic (exact) mass is 181 g/mol. The average molecular weight is 181 g/mol. The van der Waals surface area contributed by atoms with E-state index >= 15 is 0 Å². The van der Waals surface area contributed by atoms with Gasteiger partial charge in [0, 0.05) is 6.54 Å². The zero-order valence-electron chi connectivity index (χ0n) is 9.34. The predicted molar refractivity (Wildman–Crippen MR) is 61.4 cm³/mol. The lowest BCUT2D eigenvalue weighted by molar-refractivity contribution is 0.489. The van der Waals surface area contributed by atoms with Crippen LogP contribution in [0.3, 0.4) is 0 Å². The van der Waals surface area contributed by atoms with Crippen LogP contribution in [0.1, 0.15) is 40.0 Å². The van der Waals surface area contributed by atoms with E-state index in [0.717, 1.165) is 25.3 Å². The molecule has 1 atom stereocenters. The van der Waals surface area contributed by atoms with Crippen molar-refractivity contribution in [2.45, 2.75) is 40.0 Å². The van der Waals surface area contributed by atoms with Gasteiger partial charge in [0.1, 0.15) is 0 Å². The fourth-order valence-electron chi connectivity index (χ4n) is 1.18. The van der Waals surface area contributed by atoms with Gasteiger partial charge in [0.2, 0.25) is 0 Å². The van der Waals surface area contributed by atoms with Gasteiger partial charge in [-0.2, -0.15) is 0 Å². The number of nitrogens with zero attached hydrogens (tertiary/aromatic N) is 1. The number of hydrogen-bond acceptors (Lipinski definition) is 1. The molecule has 1 nitrogen and oxygen atoms in total. The largest absolute Gasteiger partial charge is 0.301 e. The van der Waals surface area contributed by atoms with E-state index in [4.69, 9.17) is 0 Å². The van der Waals surface area contributed by atoms with Gasteiger partial charge in [-0.05, 0) is 37.8 Å².